The molecule has 2 fully saturated rings. The van der Waals surface area contributed by atoms with E-state index in [1.54, 1.807) is 18.5 Å². The highest BCUT2D eigenvalue weighted by molar-refractivity contribution is 7.99. The van der Waals surface area contributed by atoms with E-state index in [2.05, 4.69) is 25.1 Å². The lowest BCUT2D eigenvalue weighted by Crippen LogP contribution is -2.48. The molecule has 2 saturated heterocycles. The monoisotopic (exact) mass is 363 g/mol. The maximum atomic E-state index is 6.16. The van der Waals surface area contributed by atoms with Crippen LogP contribution in [0.5, 0.6) is 0 Å². The van der Waals surface area contributed by atoms with Crippen LogP contribution in [0.4, 0.5) is 11.8 Å². The van der Waals surface area contributed by atoms with Gasteiger partial charge in [-0.1, -0.05) is 23.4 Å². The van der Waals surface area contributed by atoms with Crippen molar-refractivity contribution in [1.29, 1.82) is 0 Å². The second-order valence-corrected chi connectivity index (χ2v) is 7.67. The summed E-state index contributed by atoms with van der Waals surface area (Å²) in [5.74, 6) is 1.000. The molecule has 0 aliphatic carbocycles. The van der Waals surface area contributed by atoms with Crippen LogP contribution < -0.4 is 16.4 Å². The van der Waals surface area contributed by atoms with Crippen molar-refractivity contribution in [3.63, 3.8) is 0 Å². The maximum absolute atomic E-state index is 6.16. The Labute approximate surface area is 149 Å². The average molecular weight is 364 g/mol. The molecule has 2 bridgehead atoms. The lowest BCUT2D eigenvalue weighted by Gasteiger charge is -2.37. The Bertz CT molecular complexity index is 727. The first-order chi connectivity index (χ1) is 11.6. The van der Waals surface area contributed by atoms with Gasteiger partial charge in [-0.05, 0) is 31.7 Å². The van der Waals surface area contributed by atoms with Gasteiger partial charge >= 0.3 is 0 Å². The van der Waals surface area contributed by atoms with Crippen LogP contribution in [0.1, 0.15) is 25.7 Å². The Hall–Kier alpha value is -1.64. The van der Waals surface area contributed by atoms with Crippen molar-refractivity contribution in [3.05, 3.63) is 23.5 Å². The van der Waals surface area contributed by atoms with Gasteiger partial charge in [-0.25, -0.2) is 9.97 Å². The topological polar surface area (TPSA) is 107 Å². The van der Waals surface area contributed by atoms with Gasteiger partial charge in [0.2, 0.25) is 5.95 Å². The zero-order chi connectivity index (χ0) is 16.7. The quantitative estimate of drug-likeness (QED) is 0.853. The van der Waals surface area contributed by atoms with Crippen molar-refractivity contribution >= 4 is 35.1 Å². The summed E-state index contributed by atoms with van der Waals surface area (Å²) in [7, 11) is 0. The van der Waals surface area contributed by atoms with E-state index in [1.165, 1.54) is 11.8 Å². The lowest BCUT2D eigenvalue weighted by molar-refractivity contribution is 0.407. The summed E-state index contributed by atoms with van der Waals surface area (Å²) in [6.07, 6.45) is 7.67. The molecular formula is C15H18ClN7S. The number of piperidine rings is 1. The van der Waals surface area contributed by atoms with E-state index in [9.17, 15) is 0 Å². The minimum absolute atomic E-state index is 0.292. The van der Waals surface area contributed by atoms with E-state index < -0.39 is 0 Å². The largest absolute Gasteiger partial charge is 0.382 e. The summed E-state index contributed by atoms with van der Waals surface area (Å²) >= 11 is 7.53. The Balaban J connectivity index is 1.52. The molecule has 0 radical (unpaired) electrons. The summed E-state index contributed by atoms with van der Waals surface area (Å²) in [6.45, 7) is 0. The third-order valence-electron chi connectivity index (χ3n) is 4.62. The van der Waals surface area contributed by atoms with Crippen LogP contribution >= 0.6 is 23.4 Å². The van der Waals surface area contributed by atoms with Gasteiger partial charge in [0.05, 0.1) is 11.2 Å². The van der Waals surface area contributed by atoms with Crippen LogP contribution in [0.2, 0.25) is 5.02 Å². The molecule has 2 atom stereocenters. The van der Waals surface area contributed by atoms with Crippen LogP contribution in [0.15, 0.2) is 28.4 Å². The Kier molecular flexibility index (Phi) is 4.19. The van der Waals surface area contributed by atoms with Crippen molar-refractivity contribution in [3.8, 4) is 0 Å². The predicted octanol–water partition coefficient (Wildman–Crippen LogP) is 2.11. The number of aromatic nitrogens is 4. The first-order valence-corrected chi connectivity index (χ1v) is 9.12. The normalized spacial score (nSPS) is 25.9. The summed E-state index contributed by atoms with van der Waals surface area (Å²) in [6, 6.07) is 2.97. The minimum atomic E-state index is 0.292. The summed E-state index contributed by atoms with van der Waals surface area (Å²) < 4.78 is 0. The van der Waals surface area contributed by atoms with E-state index in [1.807, 2.05) is 0 Å². The van der Waals surface area contributed by atoms with Gasteiger partial charge in [-0.2, -0.15) is 0 Å². The third kappa shape index (κ3) is 2.89. The Morgan fingerprint density at radius 1 is 1.17 bits per heavy atom. The zero-order valence-corrected chi connectivity index (χ0v) is 14.5. The number of hydrogen-bond donors (Lipinski definition) is 2. The van der Waals surface area contributed by atoms with Crippen LogP contribution in [-0.2, 0) is 0 Å². The van der Waals surface area contributed by atoms with E-state index in [0.717, 1.165) is 30.6 Å². The maximum Gasteiger partial charge on any atom is 0.245 e. The molecule has 0 saturated carbocycles. The van der Waals surface area contributed by atoms with E-state index in [-0.39, 0.29) is 0 Å². The molecule has 126 valence electrons. The number of anilines is 2. The Morgan fingerprint density at radius 2 is 1.92 bits per heavy atom. The van der Waals surface area contributed by atoms with Crippen molar-refractivity contribution < 1.29 is 0 Å². The number of nitrogens with zero attached hydrogens (tertiary/aromatic N) is 5. The second kappa shape index (κ2) is 6.34. The van der Waals surface area contributed by atoms with Gasteiger partial charge in [0, 0.05) is 29.2 Å². The molecule has 0 aromatic carbocycles. The van der Waals surface area contributed by atoms with Crippen molar-refractivity contribution in [2.24, 2.45) is 5.73 Å². The molecule has 4 N–H and O–H groups in total. The van der Waals surface area contributed by atoms with Gasteiger partial charge in [0.25, 0.3) is 0 Å². The minimum Gasteiger partial charge on any atom is -0.382 e. The molecule has 0 spiro atoms. The highest BCUT2D eigenvalue weighted by Gasteiger charge is 2.41. The summed E-state index contributed by atoms with van der Waals surface area (Å²) in [5, 5.41) is 9.72. The van der Waals surface area contributed by atoms with Crippen molar-refractivity contribution in [2.75, 3.05) is 10.6 Å². The molecule has 2 aliphatic heterocycles. The molecule has 2 aliphatic rings. The van der Waals surface area contributed by atoms with E-state index in [0.29, 0.717) is 39.9 Å². The number of rotatable bonds is 3. The highest BCUT2D eigenvalue weighted by Crippen LogP contribution is 2.38. The predicted molar refractivity (Wildman–Crippen MR) is 94.1 cm³/mol. The zero-order valence-electron chi connectivity index (χ0n) is 13.0. The van der Waals surface area contributed by atoms with Crippen LogP contribution in [0.3, 0.4) is 0 Å². The number of nitrogens with two attached hydrogens (primary N) is 2. The fourth-order valence-corrected chi connectivity index (χ4v) is 4.57. The number of pyridine rings is 1. The molecule has 4 heterocycles. The fraction of sp³-hybridized carbons (Fsp3) is 0.467. The first-order valence-electron chi connectivity index (χ1n) is 7.93. The molecule has 2 aromatic heterocycles. The van der Waals surface area contributed by atoms with Gasteiger partial charge in [-0.15, -0.1) is 10.2 Å². The van der Waals surface area contributed by atoms with Crippen LogP contribution in [0, 0.1) is 0 Å². The highest BCUT2D eigenvalue weighted by atomic mass is 35.5. The summed E-state index contributed by atoms with van der Waals surface area (Å²) in [4.78, 5) is 11.5. The number of hydrogen-bond acceptors (Lipinski definition) is 8. The fourth-order valence-electron chi connectivity index (χ4n) is 3.60. The molecule has 0 amide bonds. The molecule has 4 rings (SSSR count). The number of halogens is 1. The SMILES string of the molecule is Nc1nccc(Sc2cnc(N3C4CCC3CC(N)C4)nn2)c1Cl. The molecule has 2 unspecified atom stereocenters. The molecule has 24 heavy (non-hydrogen) atoms. The first kappa shape index (κ1) is 15.9. The van der Waals surface area contributed by atoms with Gasteiger partial charge in [-0.3, -0.25) is 0 Å². The van der Waals surface area contributed by atoms with E-state index >= 15 is 0 Å². The van der Waals surface area contributed by atoms with Crippen LogP contribution in [0.25, 0.3) is 0 Å². The van der Waals surface area contributed by atoms with Crippen molar-refractivity contribution in [1.82, 2.24) is 20.2 Å². The summed E-state index contributed by atoms with van der Waals surface area (Å²) in [5.41, 5.74) is 11.8. The number of fused-ring (bicyclic) bond motifs is 2. The van der Waals surface area contributed by atoms with E-state index in [4.69, 9.17) is 23.1 Å². The van der Waals surface area contributed by atoms with Gasteiger partial charge < -0.3 is 16.4 Å². The molecule has 7 nitrogen and oxygen atoms in total. The second-order valence-electron chi connectivity index (χ2n) is 6.23. The standard InChI is InChI=1S/C15H18ClN7S/c16-13-11(3-4-19-14(13)18)24-12-7-20-15(22-21-12)23-9-1-2-10(23)6-8(17)5-9/h3-4,7-10H,1-2,5-6,17H2,(H2,18,19). The third-order valence-corrected chi connectivity index (χ3v) is 6.09. The van der Waals surface area contributed by atoms with Crippen LogP contribution in [-0.4, -0.2) is 38.3 Å². The van der Waals surface area contributed by atoms with Gasteiger partial charge in [0.1, 0.15) is 10.8 Å². The smallest absolute Gasteiger partial charge is 0.245 e. The lowest BCUT2D eigenvalue weighted by atomic mass is 9.99. The average Bonchev–Trinajstić information content (AvgIpc) is 2.84. The van der Waals surface area contributed by atoms with Gasteiger partial charge in [0.15, 0.2) is 0 Å². The number of nitrogen functional groups attached to an aromatic ring is 1. The molecule has 9 heteroatoms. The molecule has 2 aromatic rings. The Morgan fingerprint density at radius 3 is 2.58 bits per heavy atom. The van der Waals surface area contributed by atoms with Crippen molar-refractivity contribution in [2.45, 2.75) is 53.7 Å². The molecular weight excluding hydrogens is 346 g/mol.